The highest BCUT2D eigenvalue weighted by molar-refractivity contribution is 7.91. The molecule has 7 nitrogen and oxygen atoms in total. The van der Waals surface area contributed by atoms with Crippen LogP contribution in [0.4, 0.5) is 0 Å². The average molecular weight is 432 g/mol. The van der Waals surface area contributed by atoms with Crippen LogP contribution >= 0.6 is 11.3 Å². The largest absolute Gasteiger partial charge is 0.355 e. The molecule has 2 amide bonds. The minimum atomic E-state index is -3.64. The first kappa shape index (κ1) is 21.0. The Morgan fingerprint density at radius 1 is 1.21 bits per heavy atom. The van der Waals surface area contributed by atoms with Crippen molar-refractivity contribution >= 4 is 33.0 Å². The van der Waals surface area contributed by atoms with Gasteiger partial charge in [-0.3, -0.25) is 9.59 Å². The number of nitrogens with zero attached hydrogens (tertiary/aromatic N) is 2. The maximum atomic E-state index is 12.3. The molecular weight excluding hydrogens is 410 g/mol. The smallest absolute Gasteiger partial charge is 0.235 e. The number of fused-ring (bicyclic) bond motifs is 1. The van der Waals surface area contributed by atoms with Crippen LogP contribution in [0.3, 0.4) is 0 Å². The first-order valence-electron chi connectivity index (χ1n) is 9.15. The Kier molecular flexibility index (Phi) is 6.67. The summed E-state index contributed by atoms with van der Waals surface area (Å²) >= 11 is 1.70. The fourth-order valence-electron chi connectivity index (χ4n) is 3.16. The number of amides is 2. The number of hydrogen-bond acceptors (Lipinski definition) is 6. The third-order valence-corrected chi connectivity index (χ3v) is 7.14. The third-order valence-electron chi connectivity index (χ3n) is 4.64. The van der Waals surface area contributed by atoms with Crippen LogP contribution in [0.2, 0.25) is 0 Å². The van der Waals surface area contributed by atoms with Crippen molar-refractivity contribution in [2.75, 3.05) is 18.8 Å². The molecule has 1 aliphatic rings. The second-order valence-electron chi connectivity index (χ2n) is 6.88. The van der Waals surface area contributed by atoms with Gasteiger partial charge in [0.05, 0.1) is 17.4 Å². The predicted molar refractivity (Wildman–Crippen MR) is 110 cm³/mol. The molecule has 0 saturated heterocycles. The highest BCUT2D eigenvalue weighted by Gasteiger charge is 2.22. The molecule has 0 bridgehead atoms. The van der Waals surface area contributed by atoms with Gasteiger partial charge in [-0.25, -0.2) is 8.42 Å². The highest BCUT2D eigenvalue weighted by atomic mass is 32.2. The van der Waals surface area contributed by atoms with Crippen LogP contribution in [0.5, 0.6) is 0 Å². The summed E-state index contributed by atoms with van der Waals surface area (Å²) in [5, 5.41) is 13.3. The van der Waals surface area contributed by atoms with Crippen molar-refractivity contribution in [3.05, 3.63) is 57.3 Å². The van der Waals surface area contributed by atoms with Crippen LogP contribution in [0.1, 0.15) is 28.0 Å². The van der Waals surface area contributed by atoms with Crippen LogP contribution < -0.4 is 5.32 Å². The van der Waals surface area contributed by atoms with Gasteiger partial charge in [0.15, 0.2) is 9.84 Å². The van der Waals surface area contributed by atoms with E-state index in [1.807, 2.05) is 17.5 Å². The molecule has 1 aliphatic heterocycles. The Labute approximate surface area is 173 Å². The van der Waals surface area contributed by atoms with Crippen molar-refractivity contribution in [2.24, 2.45) is 0 Å². The van der Waals surface area contributed by atoms with Crippen LogP contribution in [0.15, 0.2) is 35.7 Å². The number of thiophene rings is 1. The molecule has 1 aromatic heterocycles. The van der Waals surface area contributed by atoms with E-state index in [0.29, 0.717) is 24.2 Å². The summed E-state index contributed by atoms with van der Waals surface area (Å²) in [6.07, 6.45) is 0.986. The molecule has 0 aliphatic carbocycles. The molecule has 0 unspecified atom stereocenters. The van der Waals surface area contributed by atoms with Gasteiger partial charge in [-0.1, -0.05) is 12.1 Å². The van der Waals surface area contributed by atoms with Crippen molar-refractivity contribution in [1.29, 1.82) is 5.26 Å². The van der Waals surface area contributed by atoms with Crippen molar-refractivity contribution in [2.45, 2.75) is 25.1 Å². The van der Waals surface area contributed by atoms with Crippen LogP contribution in [-0.4, -0.2) is 44.0 Å². The summed E-state index contributed by atoms with van der Waals surface area (Å²) in [7, 11) is -3.64. The number of carbonyl (C=O) groups excluding carboxylic acids is 2. The molecule has 2 heterocycles. The normalized spacial score (nSPS) is 13.4. The van der Waals surface area contributed by atoms with E-state index in [0.717, 1.165) is 6.42 Å². The zero-order chi connectivity index (χ0) is 20.9. The van der Waals surface area contributed by atoms with Crippen molar-refractivity contribution in [3.8, 4) is 6.07 Å². The summed E-state index contributed by atoms with van der Waals surface area (Å²) in [4.78, 5) is 27.4. The molecule has 0 atom stereocenters. The highest BCUT2D eigenvalue weighted by Crippen LogP contribution is 2.24. The van der Waals surface area contributed by atoms with Gasteiger partial charge >= 0.3 is 0 Å². The Hall–Kier alpha value is -2.70. The monoisotopic (exact) mass is 431 g/mol. The fourth-order valence-corrected chi connectivity index (χ4v) is 5.35. The van der Waals surface area contributed by atoms with E-state index >= 15 is 0 Å². The quantitative estimate of drug-likeness (QED) is 0.717. The second kappa shape index (κ2) is 9.20. The maximum Gasteiger partial charge on any atom is 0.235 e. The third kappa shape index (κ3) is 5.89. The van der Waals surface area contributed by atoms with E-state index in [2.05, 4.69) is 5.32 Å². The van der Waals surface area contributed by atoms with Crippen LogP contribution in [-0.2, 0) is 38.1 Å². The molecule has 1 aromatic carbocycles. The zero-order valence-corrected chi connectivity index (χ0v) is 17.4. The van der Waals surface area contributed by atoms with Gasteiger partial charge in [0.1, 0.15) is 5.75 Å². The van der Waals surface area contributed by atoms with Gasteiger partial charge in [-0.05, 0) is 41.1 Å². The van der Waals surface area contributed by atoms with E-state index in [1.54, 1.807) is 28.4 Å². The summed E-state index contributed by atoms with van der Waals surface area (Å²) in [6.45, 7) is 1.36. The molecule has 0 saturated carbocycles. The molecule has 0 fully saturated rings. The summed E-state index contributed by atoms with van der Waals surface area (Å²) in [5.74, 6) is -1.59. The number of rotatable bonds is 7. The minimum Gasteiger partial charge on any atom is -0.355 e. The lowest BCUT2D eigenvalue weighted by atomic mass is 10.1. The van der Waals surface area contributed by atoms with Gasteiger partial charge in [0.2, 0.25) is 11.8 Å². The van der Waals surface area contributed by atoms with E-state index in [4.69, 9.17) is 5.26 Å². The topological polar surface area (TPSA) is 107 Å². The Morgan fingerprint density at radius 3 is 2.69 bits per heavy atom. The molecule has 9 heteroatoms. The van der Waals surface area contributed by atoms with E-state index in [-0.39, 0.29) is 24.6 Å². The molecule has 29 heavy (non-hydrogen) atoms. The van der Waals surface area contributed by atoms with Gasteiger partial charge < -0.3 is 10.2 Å². The summed E-state index contributed by atoms with van der Waals surface area (Å²) in [6, 6.07) is 10.2. The van der Waals surface area contributed by atoms with Gasteiger partial charge in [0, 0.05) is 30.9 Å². The number of carbonyl (C=O) groups is 2. The molecular formula is C20H21N3O4S2. The van der Waals surface area contributed by atoms with E-state index < -0.39 is 21.5 Å². The number of nitriles is 1. The second-order valence-corrected chi connectivity index (χ2v) is 9.94. The minimum absolute atomic E-state index is 0.0532. The summed E-state index contributed by atoms with van der Waals surface area (Å²) in [5.41, 5.74) is 2.13. The first-order chi connectivity index (χ1) is 13.9. The van der Waals surface area contributed by atoms with Crippen molar-refractivity contribution in [1.82, 2.24) is 10.2 Å². The first-order valence-corrected chi connectivity index (χ1v) is 11.9. The number of nitrogens with one attached hydrogen (secondary N) is 1. The lowest BCUT2D eigenvalue weighted by molar-refractivity contribution is -0.132. The number of benzene rings is 1. The summed E-state index contributed by atoms with van der Waals surface area (Å²) < 4.78 is 24.4. The molecule has 1 N–H and O–H groups in total. The molecule has 0 radical (unpaired) electrons. The Balaban J connectivity index is 1.42. The maximum absolute atomic E-state index is 12.3. The lowest BCUT2D eigenvalue weighted by Gasteiger charge is -2.27. The van der Waals surface area contributed by atoms with E-state index in [9.17, 15) is 18.0 Å². The SMILES string of the molecule is N#Cc1ccc(CS(=O)(=O)CC(=O)NCCC(=O)N2CCc3sccc3C2)cc1. The van der Waals surface area contributed by atoms with Crippen LogP contribution in [0.25, 0.3) is 0 Å². The molecule has 3 rings (SSSR count). The van der Waals surface area contributed by atoms with E-state index in [1.165, 1.54) is 22.6 Å². The average Bonchev–Trinajstić information content (AvgIpc) is 3.15. The number of sulfone groups is 1. The van der Waals surface area contributed by atoms with Gasteiger partial charge in [-0.2, -0.15) is 5.26 Å². The fraction of sp³-hybridized carbons (Fsp3) is 0.350. The zero-order valence-electron chi connectivity index (χ0n) is 15.8. The van der Waals surface area contributed by atoms with Crippen molar-refractivity contribution < 1.29 is 18.0 Å². The van der Waals surface area contributed by atoms with Gasteiger partial charge in [-0.15, -0.1) is 11.3 Å². The van der Waals surface area contributed by atoms with Crippen LogP contribution in [0, 0.1) is 11.3 Å². The van der Waals surface area contributed by atoms with Crippen molar-refractivity contribution in [3.63, 3.8) is 0 Å². The van der Waals surface area contributed by atoms with Gasteiger partial charge in [0.25, 0.3) is 0 Å². The predicted octanol–water partition coefficient (Wildman–Crippen LogP) is 1.63. The Bertz CT molecular complexity index is 1040. The standard InChI is InChI=1S/C20H21N3O4S2/c21-11-15-1-3-16(4-2-15)13-29(26,27)14-19(24)22-8-5-20(25)23-9-6-18-17(12-23)7-10-28-18/h1-4,7,10H,5-6,8-9,12-14H2,(H,22,24). The molecule has 152 valence electrons. The molecule has 0 spiro atoms. The Morgan fingerprint density at radius 2 is 1.97 bits per heavy atom. The number of hydrogen-bond donors (Lipinski definition) is 1. The lowest BCUT2D eigenvalue weighted by Crippen LogP contribution is -2.38. The molecule has 2 aromatic rings.